The van der Waals surface area contributed by atoms with Crippen molar-refractivity contribution < 1.29 is 9.84 Å². The van der Waals surface area contributed by atoms with Gasteiger partial charge >= 0.3 is 0 Å². The van der Waals surface area contributed by atoms with Crippen LogP contribution in [0.15, 0.2) is 18.2 Å². The average molecular weight is 236 g/mol. The highest BCUT2D eigenvalue weighted by Crippen LogP contribution is 2.33. The molecule has 4 heteroatoms. The first-order valence-corrected chi connectivity index (χ1v) is 5.98. The number of aliphatic hydroxyl groups excluding tert-OH is 1. The van der Waals surface area contributed by atoms with E-state index in [1.54, 1.807) is 7.11 Å². The van der Waals surface area contributed by atoms with Crippen molar-refractivity contribution in [3.63, 3.8) is 0 Å². The molecule has 2 atom stereocenters. The average Bonchev–Trinajstić information content (AvgIpc) is 2.71. The second-order valence-electron chi connectivity index (χ2n) is 4.64. The van der Waals surface area contributed by atoms with Crippen molar-refractivity contribution in [3.05, 3.63) is 18.2 Å². The summed E-state index contributed by atoms with van der Waals surface area (Å²) < 4.78 is 5.23. The van der Waals surface area contributed by atoms with Crippen molar-refractivity contribution in [2.75, 3.05) is 30.9 Å². The van der Waals surface area contributed by atoms with Gasteiger partial charge in [-0.2, -0.15) is 0 Å². The van der Waals surface area contributed by atoms with E-state index in [1.807, 2.05) is 18.2 Å². The van der Waals surface area contributed by atoms with Crippen LogP contribution >= 0.6 is 0 Å². The third-order valence-electron chi connectivity index (χ3n) is 3.62. The first-order chi connectivity index (χ1) is 8.17. The Morgan fingerprint density at radius 1 is 1.53 bits per heavy atom. The summed E-state index contributed by atoms with van der Waals surface area (Å²) in [5.41, 5.74) is 7.51. The van der Waals surface area contributed by atoms with E-state index in [-0.39, 0.29) is 12.6 Å². The number of anilines is 2. The summed E-state index contributed by atoms with van der Waals surface area (Å²) in [5, 5.41) is 9.45. The van der Waals surface area contributed by atoms with Crippen LogP contribution in [-0.4, -0.2) is 31.4 Å². The number of benzene rings is 1. The Bertz CT molecular complexity index is 395. The molecule has 0 bridgehead atoms. The van der Waals surface area contributed by atoms with E-state index in [0.717, 1.165) is 18.7 Å². The molecule has 1 aromatic rings. The van der Waals surface area contributed by atoms with E-state index in [1.165, 1.54) is 0 Å². The molecule has 1 fully saturated rings. The highest BCUT2D eigenvalue weighted by atomic mass is 16.5. The minimum absolute atomic E-state index is 0.188. The quantitative estimate of drug-likeness (QED) is 0.781. The van der Waals surface area contributed by atoms with Gasteiger partial charge in [-0.1, -0.05) is 6.92 Å². The fraction of sp³-hybridized carbons (Fsp3) is 0.538. The first-order valence-electron chi connectivity index (χ1n) is 5.98. The fourth-order valence-electron chi connectivity index (χ4n) is 2.49. The molecular formula is C13H20N2O2. The van der Waals surface area contributed by atoms with Crippen molar-refractivity contribution in [2.24, 2.45) is 5.92 Å². The minimum atomic E-state index is 0.188. The van der Waals surface area contributed by atoms with Gasteiger partial charge in [-0.15, -0.1) is 0 Å². The lowest BCUT2D eigenvalue weighted by molar-refractivity contribution is 0.244. The lowest BCUT2D eigenvalue weighted by Crippen LogP contribution is -2.35. The van der Waals surface area contributed by atoms with Gasteiger partial charge in [-0.25, -0.2) is 0 Å². The van der Waals surface area contributed by atoms with E-state index in [0.29, 0.717) is 17.4 Å². The molecule has 0 saturated carbocycles. The number of nitrogen functional groups attached to an aromatic ring is 1. The van der Waals surface area contributed by atoms with Crippen LogP contribution in [-0.2, 0) is 0 Å². The Hall–Kier alpha value is -1.42. The zero-order chi connectivity index (χ0) is 12.4. The zero-order valence-corrected chi connectivity index (χ0v) is 10.4. The topological polar surface area (TPSA) is 58.7 Å². The molecule has 2 rings (SSSR count). The number of aliphatic hydroxyl groups is 1. The fourth-order valence-corrected chi connectivity index (χ4v) is 2.49. The predicted octanol–water partition coefficient (Wildman–Crippen LogP) is 1.48. The third kappa shape index (κ3) is 2.17. The molecular weight excluding hydrogens is 216 g/mol. The van der Waals surface area contributed by atoms with Gasteiger partial charge < -0.3 is 20.5 Å². The molecule has 1 saturated heterocycles. The zero-order valence-electron chi connectivity index (χ0n) is 10.4. The number of hydrogen-bond acceptors (Lipinski definition) is 4. The third-order valence-corrected chi connectivity index (χ3v) is 3.62. The van der Waals surface area contributed by atoms with Gasteiger partial charge in [0.25, 0.3) is 0 Å². The molecule has 0 aliphatic carbocycles. The van der Waals surface area contributed by atoms with Crippen LogP contribution in [0.25, 0.3) is 0 Å². The number of hydrogen-bond donors (Lipinski definition) is 2. The van der Waals surface area contributed by atoms with Gasteiger partial charge in [0, 0.05) is 18.3 Å². The van der Waals surface area contributed by atoms with Gasteiger partial charge in [0.2, 0.25) is 0 Å². The number of nitrogens with zero attached hydrogens (tertiary/aromatic N) is 1. The maximum atomic E-state index is 9.45. The molecule has 1 aliphatic heterocycles. The van der Waals surface area contributed by atoms with E-state index in [2.05, 4.69) is 11.8 Å². The number of rotatable bonds is 3. The Balaban J connectivity index is 2.28. The van der Waals surface area contributed by atoms with Crippen LogP contribution in [0.1, 0.15) is 13.3 Å². The second kappa shape index (κ2) is 4.84. The van der Waals surface area contributed by atoms with Crippen LogP contribution in [0.2, 0.25) is 0 Å². The summed E-state index contributed by atoms with van der Waals surface area (Å²) >= 11 is 0. The van der Waals surface area contributed by atoms with Crippen molar-refractivity contribution >= 4 is 11.4 Å². The number of nitrogens with two attached hydrogens (primary N) is 1. The van der Waals surface area contributed by atoms with Crippen LogP contribution < -0.4 is 15.4 Å². The van der Waals surface area contributed by atoms with Crippen molar-refractivity contribution in [3.8, 4) is 5.75 Å². The normalized spacial score (nSPS) is 24.1. The largest absolute Gasteiger partial charge is 0.495 e. The summed E-state index contributed by atoms with van der Waals surface area (Å²) in [4.78, 5) is 2.23. The molecule has 1 heterocycles. The van der Waals surface area contributed by atoms with Gasteiger partial charge in [0.15, 0.2) is 0 Å². The maximum absolute atomic E-state index is 9.45. The lowest BCUT2D eigenvalue weighted by atomic mass is 10.0. The highest BCUT2D eigenvalue weighted by Gasteiger charge is 2.30. The van der Waals surface area contributed by atoms with Crippen LogP contribution in [0.5, 0.6) is 5.75 Å². The molecule has 3 N–H and O–H groups in total. The predicted molar refractivity (Wildman–Crippen MR) is 69.4 cm³/mol. The molecule has 1 aliphatic rings. The lowest BCUT2D eigenvalue weighted by Gasteiger charge is -2.27. The summed E-state index contributed by atoms with van der Waals surface area (Å²) in [6.07, 6.45) is 1.11. The van der Waals surface area contributed by atoms with Crippen LogP contribution in [0.3, 0.4) is 0 Å². The molecule has 4 nitrogen and oxygen atoms in total. The summed E-state index contributed by atoms with van der Waals surface area (Å²) in [5.74, 6) is 1.21. The van der Waals surface area contributed by atoms with E-state index >= 15 is 0 Å². The molecule has 0 radical (unpaired) electrons. The van der Waals surface area contributed by atoms with E-state index < -0.39 is 0 Å². The van der Waals surface area contributed by atoms with Crippen LogP contribution in [0.4, 0.5) is 11.4 Å². The van der Waals surface area contributed by atoms with Crippen molar-refractivity contribution in [1.29, 1.82) is 0 Å². The van der Waals surface area contributed by atoms with E-state index in [9.17, 15) is 5.11 Å². The Kier molecular flexibility index (Phi) is 3.43. The first kappa shape index (κ1) is 12.0. The highest BCUT2D eigenvalue weighted by molar-refractivity contribution is 5.63. The molecule has 0 spiro atoms. The van der Waals surface area contributed by atoms with Crippen LogP contribution in [0, 0.1) is 5.92 Å². The Morgan fingerprint density at radius 2 is 2.29 bits per heavy atom. The Labute approximate surface area is 102 Å². The van der Waals surface area contributed by atoms with Crippen molar-refractivity contribution in [2.45, 2.75) is 19.4 Å². The summed E-state index contributed by atoms with van der Waals surface area (Å²) in [6.45, 7) is 3.34. The van der Waals surface area contributed by atoms with Gasteiger partial charge in [0.05, 0.1) is 25.4 Å². The van der Waals surface area contributed by atoms with Gasteiger partial charge in [-0.05, 0) is 24.5 Å². The molecule has 94 valence electrons. The standard InChI is InChI=1S/C13H20N2O2/c1-9-5-6-15(12(9)8-16)10-3-4-11(14)13(7-10)17-2/h3-4,7,9,12,16H,5-6,8,14H2,1-2H3. The molecule has 1 aromatic carbocycles. The monoisotopic (exact) mass is 236 g/mol. The van der Waals surface area contributed by atoms with Crippen molar-refractivity contribution in [1.82, 2.24) is 0 Å². The summed E-state index contributed by atoms with van der Waals surface area (Å²) in [6, 6.07) is 5.98. The molecule has 17 heavy (non-hydrogen) atoms. The SMILES string of the molecule is COc1cc(N2CCC(C)C2CO)ccc1N. The maximum Gasteiger partial charge on any atom is 0.143 e. The smallest absolute Gasteiger partial charge is 0.143 e. The summed E-state index contributed by atoms with van der Waals surface area (Å²) in [7, 11) is 1.62. The number of ether oxygens (including phenoxy) is 1. The Morgan fingerprint density at radius 3 is 2.94 bits per heavy atom. The molecule has 0 aromatic heterocycles. The molecule has 2 unspecified atom stereocenters. The minimum Gasteiger partial charge on any atom is -0.495 e. The second-order valence-corrected chi connectivity index (χ2v) is 4.64. The van der Waals surface area contributed by atoms with Gasteiger partial charge in [0.1, 0.15) is 5.75 Å². The van der Waals surface area contributed by atoms with Gasteiger partial charge in [-0.3, -0.25) is 0 Å². The number of methoxy groups -OCH3 is 1. The van der Waals surface area contributed by atoms with E-state index in [4.69, 9.17) is 10.5 Å². The molecule has 0 amide bonds.